The van der Waals surface area contributed by atoms with Gasteiger partial charge >= 0.3 is 5.97 Å². The fourth-order valence-corrected chi connectivity index (χ4v) is 4.27. The summed E-state index contributed by atoms with van der Waals surface area (Å²) in [5.74, 6) is -1.09. The van der Waals surface area contributed by atoms with E-state index in [1.54, 1.807) is 30.3 Å². The SMILES string of the molecule is O=C(Oc1cccc2ccccc12)c1cccc(N2C(=O)[C@H]3CC=CC[C@H]3C2=O)c1. The van der Waals surface area contributed by atoms with Crippen LogP contribution >= 0.6 is 0 Å². The molecule has 3 aromatic carbocycles. The molecule has 5 nitrogen and oxygen atoms in total. The molecule has 0 unspecified atom stereocenters. The number of amides is 2. The monoisotopic (exact) mass is 397 g/mol. The van der Waals surface area contributed by atoms with Gasteiger partial charge in [0.1, 0.15) is 5.75 Å². The Morgan fingerprint density at radius 2 is 1.50 bits per heavy atom. The molecule has 5 rings (SSSR count). The van der Waals surface area contributed by atoms with Crippen molar-refractivity contribution in [2.45, 2.75) is 12.8 Å². The average Bonchev–Trinajstić information content (AvgIpc) is 3.04. The summed E-state index contributed by atoms with van der Waals surface area (Å²) in [5, 5.41) is 1.81. The number of allylic oxidation sites excluding steroid dienone is 2. The van der Waals surface area contributed by atoms with Crippen LogP contribution in [0.5, 0.6) is 5.75 Å². The van der Waals surface area contributed by atoms with Crippen molar-refractivity contribution in [2.24, 2.45) is 11.8 Å². The maximum Gasteiger partial charge on any atom is 0.343 e. The minimum Gasteiger partial charge on any atom is -0.422 e. The van der Waals surface area contributed by atoms with Gasteiger partial charge in [-0.25, -0.2) is 4.79 Å². The molecule has 2 amide bonds. The highest BCUT2D eigenvalue weighted by molar-refractivity contribution is 6.22. The zero-order chi connectivity index (χ0) is 20.7. The summed E-state index contributed by atoms with van der Waals surface area (Å²) in [6, 6.07) is 19.7. The Kier molecular flexibility index (Phi) is 4.43. The van der Waals surface area contributed by atoms with Crippen molar-refractivity contribution in [1.82, 2.24) is 0 Å². The maximum atomic E-state index is 12.8. The van der Waals surface area contributed by atoms with Crippen LogP contribution in [-0.2, 0) is 9.59 Å². The Morgan fingerprint density at radius 3 is 2.27 bits per heavy atom. The van der Waals surface area contributed by atoms with E-state index >= 15 is 0 Å². The second-order valence-corrected chi connectivity index (χ2v) is 7.58. The molecule has 3 aromatic rings. The van der Waals surface area contributed by atoms with Gasteiger partial charge in [-0.2, -0.15) is 0 Å². The Bertz CT molecular complexity index is 1180. The number of fused-ring (bicyclic) bond motifs is 2. The first-order valence-electron chi connectivity index (χ1n) is 9.96. The van der Waals surface area contributed by atoms with Gasteiger partial charge in [-0.1, -0.05) is 54.6 Å². The minimum absolute atomic E-state index is 0.200. The first-order chi connectivity index (χ1) is 14.6. The highest BCUT2D eigenvalue weighted by Crippen LogP contribution is 2.38. The van der Waals surface area contributed by atoms with E-state index in [-0.39, 0.29) is 29.2 Å². The van der Waals surface area contributed by atoms with Crippen molar-refractivity contribution in [3.63, 3.8) is 0 Å². The quantitative estimate of drug-likeness (QED) is 0.282. The molecular formula is C25H19NO4. The molecule has 148 valence electrons. The lowest BCUT2D eigenvalue weighted by Gasteiger charge is -2.16. The van der Waals surface area contributed by atoms with E-state index in [2.05, 4.69) is 0 Å². The van der Waals surface area contributed by atoms with Gasteiger partial charge < -0.3 is 4.74 Å². The van der Waals surface area contributed by atoms with E-state index in [1.165, 1.54) is 4.90 Å². The number of rotatable bonds is 3. The molecule has 2 aliphatic rings. The molecule has 30 heavy (non-hydrogen) atoms. The zero-order valence-electron chi connectivity index (χ0n) is 16.2. The standard InChI is InChI=1S/C25H19NO4/c27-23-20-12-3-4-13-21(20)24(28)26(23)18-10-5-9-17(15-18)25(29)30-22-14-6-8-16-7-1-2-11-19(16)22/h1-11,14-15,20-21H,12-13H2/t20-,21+. The molecule has 0 N–H and O–H groups in total. The summed E-state index contributed by atoms with van der Waals surface area (Å²) in [4.78, 5) is 39.7. The predicted octanol–water partition coefficient (Wildman–Crippen LogP) is 4.51. The number of hydrogen-bond acceptors (Lipinski definition) is 4. The number of esters is 1. The van der Waals surface area contributed by atoms with E-state index in [1.807, 2.05) is 48.6 Å². The first-order valence-corrected chi connectivity index (χ1v) is 9.96. The summed E-state index contributed by atoms with van der Waals surface area (Å²) >= 11 is 0. The van der Waals surface area contributed by atoms with E-state index in [4.69, 9.17) is 4.74 Å². The number of imide groups is 1. The van der Waals surface area contributed by atoms with Crippen LogP contribution < -0.4 is 9.64 Å². The van der Waals surface area contributed by atoms with Crippen molar-refractivity contribution in [3.05, 3.63) is 84.4 Å². The van der Waals surface area contributed by atoms with Crippen LogP contribution in [0.1, 0.15) is 23.2 Å². The molecule has 0 spiro atoms. The van der Waals surface area contributed by atoms with Crippen LogP contribution in [0.3, 0.4) is 0 Å². The Hall–Kier alpha value is -3.73. The van der Waals surface area contributed by atoms with Gasteiger partial charge in [0.15, 0.2) is 0 Å². The fourth-order valence-electron chi connectivity index (χ4n) is 4.27. The van der Waals surface area contributed by atoms with Crippen LogP contribution in [0, 0.1) is 11.8 Å². The number of anilines is 1. The summed E-state index contributed by atoms with van der Waals surface area (Å²) < 4.78 is 5.64. The third-order valence-electron chi connectivity index (χ3n) is 5.80. The molecule has 0 bridgehead atoms. The van der Waals surface area contributed by atoms with E-state index in [0.29, 0.717) is 24.3 Å². The van der Waals surface area contributed by atoms with Crippen LogP contribution in [0.15, 0.2) is 78.9 Å². The van der Waals surface area contributed by atoms with Crippen molar-refractivity contribution >= 4 is 34.2 Å². The number of hydrogen-bond donors (Lipinski definition) is 0. The molecule has 1 aliphatic heterocycles. The number of carbonyl (C=O) groups is 3. The largest absolute Gasteiger partial charge is 0.422 e. The summed E-state index contributed by atoms with van der Waals surface area (Å²) in [7, 11) is 0. The number of ether oxygens (including phenoxy) is 1. The summed E-state index contributed by atoms with van der Waals surface area (Å²) in [6.45, 7) is 0. The first kappa shape index (κ1) is 18.3. The molecular weight excluding hydrogens is 378 g/mol. The Balaban J connectivity index is 1.43. The van der Waals surface area contributed by atoms with Crippen LogP contribution in [-0.4, -0.2) is 17.8 Å². The lowest BCUT2D eigenvalue weighted by molar-refractivity contribution is -0.122. The minimum atomic E-state index is -0.536. The fraction of sp³-hybridized carbons (Fsp3) is 0.160. The Morgan fingerprint density at radius 1 is 0.833 bits per heavy atom. The van der Waals surface area contributed by atoms with E-state index in [0.717, 1.165) is 10.8 Å². The smallest absolute Gasteiger partial charge is 0.343 e. The van der Waals surface area contributed by atoms with Crippen molar-refractivity contribution in [3.8, 4) is 5.75 Å². The highest BCUT2D eigenvalue weighted by atomic mass is 16.5. The van der Waals surface area contributed by atoms with Gasteiger partial charge in [0.2, 0.25) is 11.8 Å². The van der Waals surface area contributed by atoms with Gasteiger partial charge in [-0.05, 0) is 42.5 Å². The third kappa shape index (κ3) is 2.99. The van der Waals surface area contributed by atoms with Crippen LogP contribution in [0.2, 0.25) is 0 Å². The third-order valence-corrected chi connectivity index (χ3v) is 5.80. The summed E-state index contributed by atoms with van der Waals surface area (Å²) in [5.41, 5.74) is 0.695. The normalized spacial score (nSPS) is 20.5. The van der Waals surface area contributed by atoms with Crippen molar-refractivity contribution < 1.29 is 19.1 Å². The number of nitrogens with zero attached hydrogens (tertiary/aromatic N) is 1. The predicted molar refractivity (Wildman–Crippen MR) is 113 cm³/mol. The molecule has 1 aliphatic carbocycles. The van der Waals surface area contributed by atoms with Gasteiger partial charge in [0, 0.05) is 5.39 Å². The summed E-state index contributed by atoms with van der Waals surface area (Å²) in [6.07, 6.45) is 5.06. The highest BCUT2D eigenvalue weighted by Gasteiger charge is 2.47. The molecule has 0 radical (unpaired) electrons. The van der Waals surface area contributed by atoms with Gasteiger partial charge in [0.05, 0.1) is 23.1 Å². The molecule has 0 saturated carbocycles. The average molecular weight is 397 g/mol. The van der Waals surface area contributed by atoms with Crippen molar-refractivity contribution in [1.29, 1.82) is 0 Å². The molecule has 1 heterocycles. The van der Waals surface area contributed by atoms with E-state index in [9.17, 15) is 14.4 Å². The molecule has 1 saturated heterocycles. The van der Waals surface area contributed by atoms with Gasteiger partial charge in [-0.3, -0.25) is 14.5 Å². The lowest BCUT2D eigenvalue weighted by Crippen LogP contribution is -2.31. The molecule has 5 heteroatoms. The van der Waals surface area contributed by atoms with Gasteiger partial charge in [-0.15, -0.1) is 0 Å². The van der Waals surface area contributed by atoms with Gasteiger partial charge in [0.25, 0.3) is 0 Å². The molecule has 2 atom stereocenters. The Labute approximate surface area is 173 Å². The van der Waals surface area contributed by atoms with Crippen molar-refractivity contribution in [2.75, 3.05) is 4.90 Å². The second kappa shape index (κ2) is 7.26. The molecule has 0 aromatic heterocycles. The topological polar surface area (TPSA) is 63.7 Å². The number of benzene rings is 3. The zero-order valence-corrected chi connectivity index (χ0v) is 16.2. The van der Waals surface area contributed by atoms with Crippen LogP contribution in [0.25, 0.3) is 10.8 Å². The second-order valence-electron chi connectivity index (χ2n) is 7.58. The lowest BCUT2D eigenvalue weighted by atomic mass is 9.85. The maximum absolute atomic E-state index is 12.8. The molecule has 1 fully saturated rings. The number of carbonyl (C=O) groups excluding carboxylic acids is 3. The van der Waals surface area contributed by atoms with E-state index < -0.39 is 5.97 Å². The van der Waals surface area contributed by atoms with Crippen LogP contribution in [0.4, 0.5) is 5.69 Å².